The smallest absolute Gasteiger partial charge is 0.271 e. The van der Waals surface area contributed by atoms with Crippen LogP contribution in [0.15, 0.2) is 84.0 Å². The molecule has 0 fully saturated rings. The Hall–Kier alpha value is -3.64. The molecule has 0 atom stereocenters. The molecule has 3 aromatic rings. The highest BCUT2D eigenvalue weighted by Crippen LogP contribution is 2.25. The molecule has 2 N–H and O–H groups in total. The van der Waals surface area contributed by atoms with E-state index in [-0.39, 0.29) is 18.4 Å². The first-order valence-corrected chi connectivity index (χ1v) is 9.15. The molecular formula is C22H18ClN3O3. The van der Waals surface area contributed by atoms with Crippen molar-refractivity contribution in [2.24, 2.45) is 5.10 Å². The standard InChI is InChI=1S/C22H18ClN3O3/c23-19-13-16(14-24-26-22(28)17-7-3-1-4-8-17)11-12-20(19)29-15-21(27)25-18-9-5-2-6-10-18/h1-14H,15H2,(H,25,27)(H,26,28)/b24-14+. The summed E-state index contributed by atoms with van der Waals surface area (Å²) in [5.74, 6) is -0.223. The zero-order chi connectivity index (χ0) is 20.5. The molecule has 0 unspecified atom stereocenters. The first-order chi connectivity index (χ1) is 14.1. The van der Waals surface area contributed by atoms with Crippen molar-refractivity contribution in [1.82, 2.24) is 5.43 Å². The van der Waals surface area contributed by atoms with Gasteiger partial charge in [-0.05, 0) is 48.0 Å². The van der Waals surface area contributed by atoms with Crippen molar-refractivity contribution in [3.63, 3.8) is 0 Å². The van der Waals surface area contributed by atoms with Gasteiger partial charge in [0.25, 0.3) is 11.8 Å². The molecule has 0 spiro atoms. The van der Waals surface area contributed by atoms with Crippen LogP contribution in [0.2, 0.25) is 5.02 Å². The van der Waals surface area contributed by atoms with E-state index in [0.717, 1.165) is 0 Å². The molecule has 29 heavy (non-hydrogen) atoms. The van der Waals surface area contributed by atoms with Crippen LogP contribution in [-0.2, 0) is 4.79 Å². The zero-order valence-electron chi connectivity index (χ0n) is 15.3. The van der Waals surface area contributed by atoms with Crippen LogP contribution in [0.4, 0.5) is 5.69 Å². The van der Waals surface area contributed by atoms with Gasteiger partial charge in [0.15, 0.2) is 6.61 Å². The fourth-order valence-electron chi connectivity index (χ4n) is 2.40. The first-order valence-electron chi connectivity index (χ1n) is 8.77. The van der Waals surface area contributed by atoms with Crippen molar-refractivity contribution in [1.29, 1.82) is 0 Å². The number of hydrazone groups is 1. The molecule has 0 saturated heterocycles. The van der Waals surface area contributed by atoms with Gasteiger partial charge in [0.1, 0.15) is 5.75 Å². The lowest BCUT2D eigenvalue weighted by molar-refractivity contribution is -0.118. The molecule has 0 aromatic heterocycles. The van der Waals surface area contributed by atoms with Gasteiger partial charge < -0.3 is 10.1 Å². The monoisotopic (exact) mass is 407 g/mol. The molecule has 0 heterocycles. The summed E-state index contributed by atoms with van der Waals surface area (Å²) < 4.78 is 5.47. The largest absolute Gasteiger partial charge is 0.482 e. The van der Waals surface area contributed by atoms with E-state index in [4.69, 9.17) is 16.3 Å². The highest BCUT2D eigenvalue weighted by atomic mass is 35.5. The predicted octanol–water partition coefficient (Wildman–Crippen LogP) is 4.12. The summed E-state index contributed by atoms with van der Waals surface area (Å²) in [5.41, 5.74) is 4.32. The van der Waals surface area contributed by atoms with Gasteiger partial charge in [0.2, 0.25) is 0 Å². The van der Waals surface area contributed by atoms with Crippen LogP contribution in [0.3, 0.4) is 0 Å². The van der Waals surface area contributed by atoms with Gasteiger partial charge in [-0.2, -0.15) is 5.10 Å². The Morgan fingerprint density at radius 2 is 1.66 bits per heavy atom. The lowest BCUT2D eigenvalue weighted by Crippen LogP contribution is -2.20. The van der Waals surface area contributed by atoms with Crippen molar-refractivity contribution in [2.45, 2.75) is 0 Å². The third kappa shape index (κ3) is 6.19. The Morgan fingerprint density at radius 3 is 2.34 bits per heavy atom. The molecular weight excluding hydrogens is 390 g/mol. The third-order valence-electron chi connectivity index (χ3n) is 3.79. The van der Waals surface area contributed by atoms with Crippen LogP contribution in [0.25, 0.3) is 0 Å². The molecule has 0 aliphatic carbocycles. The van der Waals surface area contributed by atoms with E-state index >= 15 is 0 Å². The molecule has 3 rings (SSSR count). The maximum absolute atomic E-state index is 11.9. The van der Waals surface area contributed by atoms with Crippen LogP contribution in [0.5, 0.6) is 5.75 Å². The summed E-state index contributed by atoms with van der Waals surface area (Å²) >= 11 is 6.20. The number of carbonyl (C=O) groups is 2. The summed E-state index contributed by atoms with van der Waals surface area (Å²) in [4.78, 5) is 23.9. The summed E-state index contributed by atoms with van der Waals surface area (Å²) in [6, 6.07) is 22.9. The Morgan fingerprint density at radius 1 is 0.966 bits per heavy atom. The molecule has 0 radical (unpaired) electrons. The van der Waals surface area contributed by atoms with Crippen molar-refractivity contribution in [3.05, 3.63) is 95.0 Å². The zero-order valence-corrected chi connectivity index (χ0v) is 16.1. The third-order valence-corrected chi connectivity index (χ3v) is 4.08. The molecule has 2 amide bonds. The lowest BCUT2D eigenvalue weighted by atomic mass is 10.2. The van der Waals surface area contributed by atoms with Crippen LogP contribution in [-0.4, -0.2) is 24.6 Å². The van der Waals surface area contributed by atoms with Crippen molar-refractivity contribution >= 4 is 35.3 Å². The minimum absolute atomic E-state index is 0.171. The number of hydrogen-bond acceptors (Lipinski definition) is 4. The number of hydrogen-bond donors (Lipinski definition) is 2. The van der Waals surface area contributed by atoms with Crippen LogP contribution in [0.1, 0.15) is 15.9 Å². The molecule has 3 aromatic carbocycles. The number of anilines is 1. The number of nitrogens with one attached hydrogen (secondary N) is 2. The Kier molecular flexibility index (Phi) is 6.97. The van der Waals surface area contributed by atoms with Crippen LogP contribution in [0, 0.1) is 0 Å². The Labute approximate surface area is 173 Å². The summed E-state index contributed by atoms with van der Waals surface area (Å²) in [5, 5.41) is 6.98. The van der Waals surface area contributed by atoms with E-state index in [1.807, 2.05) is 24.3 Å². The SMILES string of the molecule is O=C(COc1ccc(/C=N/NC(=O)c2ccccc2)cc1Cl)Nc1ccccc1. The van der Waals surface area contributed by atoms with E-state index in [2.05, 4.69) is 15.8 Å². The lowest BCUT2D eigenvalue weighted by Gasteiger charge is -2.09. The number of nitrogens with zero attached hydrogens (tertiary/aromatic N) is 1. The maximum atomic E-state index is 11.9. The minimum atomic E-state index is -0.308. The fourth-order valence-corrected chi connectivity index (χ4v) is 2.64. The molecule has 0 saturated carbocycles. The molecule has 7 heteroatoms. The number of halogens is 1. The summed E-state index contributed by atoms with van der Waals surface area (Å²) in [6.07, 6.45) is 1.47. The minimum Gasteiger partial charge on any atom is -0.482 e. The second-order valence-electron chi connectivity index (χ2n) is 5.96. The van der Waals surface area contributed by atoms with Gasteiger partial charge in [-0.15, -0.1) is 0 Å². The van der Waals surface area contributed by atoms with E-state index in [0.29, 0.717) is 27.6 Å². The van der Waals surface area contributed by atoms with Gasteiger partial charge >= 0.3 is 0 Å². The van der Waals surface area contributed by atoms with E-state index in [1.54, 1.807) is 54.6 Å². The Balaban J connectivity index is 1.51. The quantitative estimate of drug-likeness (QED) is 0.456. The predicted molar refractivity (Wildman–Crippen MR) is 114 cm³/mol. The van der Waals surface area contributed by atoms with Gasteiger partial charge in [-0.1, -0.05) is 48.0 Å². The van der Waals surface area contributed by atoms with Crippen LogP contribution < -0.4 is 15.5 Å². The molecule has 6 nitrogen and oxygen atoms in total. The highest BCUT2D eigenvalue weighted by molar-refractivity contribution is 6.32. The van der Waals surface area contributed by atoms with Gasteiger partial charge in [0.05, 0.1) is 11.2 Å². The topological polar surface area (TPSA) is 79.8 Å². The molecule has 0 aliphatic heterocycles. The second kappa shape index (κ2) is 10.1. The number of benzene rings is 3. The molecule has 0 bridgehead atoms. The summed E-state index contributed by atoms with van der Waals surface area (Å²) in [6.45, 7) is -0.171. The van der Waals surface area contributed by atoms with E-state index in [1.165, 1.54) is 6.21 Å². The maximum Gasteiger partial charge on any atom is 0.271 e. The number of para-hydroxylation sites is 1. The van der Waals surface area contributed by atoms with Gasteiger partial charge in [-0.25, -0.2) is 5.43 Å². The average molecular weight is 408 g/mol. The van der Waals surface area contributed by atoms with Crippen LogP contribution >= 0.6 is 11.6 Å². The normalized spacial score (nSPS) is 10.5. The van der Waals surface area contributed by atoms with E-state index < -0.39 is 0 Å². The summed E-state index contributed by atoms with van der Waals surface area (Å²) in [7, 11) is 0. The van der Waals surface area contributed by atoms with Crippen molar-refractivity contribution in [3.8, 4) is 5.75 Å². The highest BCUT2D eigenvalue weighted by Gasteiger charge is 2.07. The van der Waals surface area contributed by atoms with Crippen molar-refractivity contribution < 1.29 is 14.3 Å². The average Bonchev–Trinajstić information content (AvgIpc) is 2.74. The molecule has 0 aliphatic rings. The van der Waals surface area contributed by atoms with Gasteiger partial charge in [-0.3, -0.25) is 9.59 Å². The Bertz CT molecular complexity index is 1010. The molecule has 146 valence electrons. The van der Waals surface area contributed by atoms with Gasteiger partial charge in [0, 0.05) is 11.3 Å². The van der Waals surface area contributed by atoms with Crippen molar-refractivity contribution in [2.75, 3.05) is 11.9 Å². The first kappa shape index (κ1) is 20.1. The number of carbonyl (C=O) groups excluding carboxylic acids is 2. The number of rotatable bonds is 7. The van der Waals surface area contributed by atoms with E-state index in [9.17, 15) is 9.59 Å². The number of ether oxygens (including phenoxy) is 1. The number of amides is 2. The second-order valence-corrected chi connectivity index (χ2v) is 6.37. The fraction of sp³-hybridized carbons (Fsp3) is 0.0455.